The minimum Gasteiger partial charge on any atom is -0.465 e. The Hall–Kier alpha value is -3.24. The first kappa shape index (κ1) is 36.0. The van der Waals surface area contributed by atoms with Gasteiger partial charge >= 0.3 is 17.9 Å². The molecule has 1 heterocycles. The maximum absolute atomic E-state index is 14.2. The van der Waals surface area contributed by atoms with E-state index in [1.807, 2.05) is 31.2 Å². The molecular formula is C33H50N2O8. The average Bonchev–Trinajstić information content (AvgIpc) is 3.53. The smallest absolute Gasteiger partial charge is 0.314 e. The Kier molecular flexibility index (Phi) is 15.4. The average molecular weight is 603 g/mol. The molecule has 2 rings (SSSR count). The molecule has 0 saturated carbocycles. The third-order valence-electron chi connectivity index (χ3n) is 8.18. The molecule has 1 aromatic carbocycles. The van der Waals surface area contributed by atoms with E-state index in [9.17, 15) is 19.5 Å². The molecule has 0 aliphatic rings. The van der Waals surface area contributed by atoms with E-state index in [0.29, 0.717) is 0 Å². The third-order valence-corrected chi connectivity index (χ3v) is 8.18. The maximum atomic E-state index is 14.2. The third kappa shape index (κ3) is 10.2. The number of methoxy groups -OCH3 is 1. The number of nitrogens with zero attached hydrogens (tertiary/aromatic N) is 2. The van der Waals surface area contributed by atoms with E-state index in [-0.39, 0.29) is 38.8 Å². The molecule has 10 heteroatoms. The number of hydrogen-bond acceptors (Lipinski definition) is 9. The van der Waals surface area contributed by atoms with Crippen molar-refractivity contribution in [2.75, 3.05) is 40.1 Å². The summed E-state index contributed by atoms with van der Waals surface area (Å²) in [5, 5.41) is 9.50. The van der Waals surface area contributed by atoms with Crippen LogP contribution in [-0.2, 0) is 39.8 Å². The van der Waals surface area contributed by atoms with Crippen LogP contribution in [-0.4, -0.2) is 72.7 Å². The lowest BCUT2D eigenvalue weighted by Crippen LogP contribution is -2.52. The second-order valence-electron chi connectivity index (χ2n) is 11.3. The van der Waals surface area contributed by atoms with Crippen molar-refractivity contribution in [2.45, 2.75) is 72.8 Å². The number of aryl methyl sites for hydroxylation is 1. The number of rotatable bonds is 20. The zero-order valence-corrected chi connectivity index (χ0v) is 26.6. The topological polar surface area (TPSA) is 126 Å². The normalized spacial score (nSPS) is 15.5. The van der Waals surface area contributed by atoms with E-state index < -0.39 is 47.8 Å². The van der Waals surface area contributed by atoms with Gasteiger partial charge < -0.3 is 28.6 Å². The summed E-state index contributed by atoms with van der Waals surface area (Å²) in [6.07, 6.45) is 8.71. The van der Waals surface area contributed by atoms with Crippen molar-refractivity contribution in [2.24, 2.45) is 23.2 Å². The molecule has 1 aromatic heterocycles. The van der Waals surface area contributed by atoms with Crippen molar-refractivity contribution in [3.63, 3.8) is 0 Å². The summed E-state index contributed by atoms with van der Waals surface area (Å²) < 4.78 is 23.7. The molecule has 2 aromatic rings. The summed E-state index contributed by atoms with van der Waals surface area (Å²) in [6, 6.07) is 6.78. The largest absolute Gasteiger partial charge is 0.465 e. The molecule has 1 N–H and O–H groups in total. The van der Waals surface area contributed by atoms with Crippen LogP contribution in [0.15, 0.2) is 43.0 Å². The lowest BCUT2D eigenvalue weighted by Gasteiger charge is -2.43. The number of unbranched alkanes of at least 4 members (excludes halogenated alkanes) is 1. The fraction of sp³-hybridized carbons (Fsp3) is 0.636. The summed E-state index contributed by atoms with van der Waals surface area (Å²) >= 11 is 0. The standard InChI is InChI=1S/C33H50N2O8/c1-7-9-10-26(8-2)22-43-31(38)28(21-27-13-11-24(3)12-14-27)33(5,32(39)42-18-17-36)29(35-16-15-34-23-35)25(4)30(37)41-20-19-40-6/h11-16,23,25-26,28-29,36H,7-10,17-22H2,1-6H3. The molecule has 0 saturated heterocycles. The molecule has 0 spiro atoms. The molecule has 0 bridgehead atoms. The van der Waals surface area contributed by atoms with Crippen molar-refractivity contribution < 1.29 is 38.4 Å². The van der Waals surface area contributed by atoms with Crippen LogP contribution in [0.2, 0.25) is 0 Å². The van der Waals surface area contributed by atoms with Crippen molar-refractivity contribution >= 4 is 17.9 Å². The van der Waals surface area contributed by atoms with Crippen LogP contribution in [0.3, 0.4) is 0 Å². The predicted octanol–water partition coefficient (Wildman–Crippen LogP) is 4.72. The van der Waals surface area contributed by atoms with Gasteiger partial charge in [0, 0.05) is 19.5 Å². The number of hydrogen-bond donors (Lipinski definition) is 1. The Morgan fingerprint density at radius 3 is 2.33 bits per heavy atom. The van der Waals surface area contributed by atoms with Crippen LogP contribution < -0.4 is 0 Å². The van der Waals surface area contributed by atoms with E-state index >= 15 is 0 Å². The van der Waals surface area contributed by atoms with Crippen LogP contribution in [0.25, 0.3) is 0 Å². The van der Waals surface area contributed by atoms with Crippen LogP contribution >= 0.6 is 0 Å². The molecule has 0 radical (unpaired) electrons. The van der Waals surface area contributed by atoms with E-state index in [1.54, 1.807) is 30.8 Å². The Morgan fingerprint density at radius 1 is 1.02 bits per heavy atom. The Labute approximate surface area is 256 Å². The van der Waals surface area contributed by atoms with Crippen LogP contribution in [0.1, 0.15) is 70.5 Å². The van der Waals surface area contributed by atoms with Gasteiger partial charge in [0.05, 0.1) is 44.0 Å². The number of benzene rings is 1. The number of carbonyl (C=O) groups is 3. The predicted molar refractivity (Wildman–Crippen MR) is 162 cm³/mol. The van der Waals surface area contributed by atoms with E-state index in [1.165, 1.54) is 13.4 Å². The van der Waals surface area contributed by atoms with Gasteiger partial charge in [-0.15, -0.1) is 0 Å². The maximum Gasteiger partial charge on any atom is 0.314 e. The van der Waals surface area contributed by atoms with Gasteiger partial charge in [-0.3, -0.25) is 14.4 Å². The zero-order valence-electron chi connectivity index (χ0n) is 26.6. The summed E-state index contributed by atoms with van der Waals surface area (Å²) in [7, 11) is 1.51. The molecule has 43 heavy (non-hydrogen) atoms. The zero-order chi connectivity index (χ0) is 31.8. The highest BCUT2D eigenvalue weighted by atomic mass is 16.6. The van der Waals surface area contributed by atoms with E-state index in [0.717, 1.165) is 36.8 Å². The van der Waals surface area contributed by atoms with Crippen molar-refractivity contribution in [1.82, 2.24) is 9.55 Å². The van der Waals surface area contributed by atoms with Crippen molar-refractivity contribution in [3.05, 3.63) is 54.1 Å². The first-order valence-corrected chi connectivity index (χ1v) is 15.3. The number of esters is 3. The van der Waals surface area contributed by atoms with Gasteiger partial charge in [-0.2, -0.15) is 0 Å². The molecule has 0 aliphatic carbocycles. The summed E-state index contributed by atoms with van der Waals surface area (Å²) in [5.41, 5.74) is 0.243. The highest BCUT2D eigenvalue weighted by molar-refractivity contribution is 5.87. The van der Waals surface area contributed by atoms with Crippen LogP contribution in [0.5, 0.6) is 0 Å². The SMILES string of the molecule is CCCCC(CC)COC(=O)C(Cc1ccc(C)cc1)C(C)(C(=O)OCCO)C(C(C)C(=O)OCCOC)n1ccnc1. The Bertz CT molecular complexity index is 1100. The van der Waals surface area contributed by atoms with Crippen LogP contribution in [0.4, 0.5) is 0 Å². The van der Waals surface area contributed by atoms with Gasteiger partial charge in [0.1, 0.15) is 18.6 Å². The lowest BCUT2D eigenvalue weighted by molar-refractivity contribution is -0.178. The van der Waals surface area contributed by atoms with E-state index in [4.69, 9.17) is 18.9 Å². The molecule has 5 unspecified atom stereocenters. The Morgan fingerprint density at radius 2 is 1.74 bits per heavy atom. The number of carbonyl (C=O) groups excluding carboxylic acids is 3. The molecule has 5 atom stereocenters. The monoisotopic (exact) mass is 602 g/mol. The number of aliphatic hydroxyl groups is 1. The number of ether oxygens (including phenoxy) is 4. The van der Waals surface area contributed by atoms with Crippen LogP contribution in [0, 0.1) is 30.1 Å². The molecule has 0 amide bonds. The van der Waals surface area contributed by atoms with E-state index in [2.05, 4.69) is 18.8 Å². The van der Waals surface area contributed by atoms with Gasteiger partial charge in [-0.1, -0.05) is 62.9 Å². The number of aliphatic hydroxyl groups excluding tert-OH is 1. The van der Waals surface area contributed by atoms with Gasteiger partial charge in [0.25, 0.3) is 0 Å². The van der Waals surface area contributed by atoms with Gasteiger partial charge in [-0.05, 0) is 45.1 Å². The van der Waals surface area contributed by atoms with Crippen molar-refractivity contribution in [1.29, 1.82) is 0 Å². The molecule has 10 nitrogen and oxygen atoms in total. The Balaban J connectivity index is 2.66. The highest BCUT2D eigenvalue weighted by Gasteiger charge is 2.56. The van der Waals surface area contributed by atoms with Gasteiger partial charge in [0.15, 0.2) is 0 Å². The summed E-state index contributed by atoms with van der Waals surface area (Å²) in [5.74, 6) is -3.61. The summed E-state index contributed by atoms with van der Waals surface area (Å²) in [6.45, 7) is 9.26. The second-order valence-corrected chi connectivity index (χ2v) is 11.3. The molecule has 0 aliphatic heterocycles. The molecule has 0 fully saturated rings. The fourth-order valence-corrected chi connectivity index (χ4v) is 5.47. The minimum atomic E-state index is -1.64. The van der Waals surface area contributed by atoms with Gasteiger partial charge in [0.2, 0.25) is 0 Å². The minimum absolute atomic E-state index is 0.0347. The summed E-state index contributed by atoms with van der Waals surface area (Å²) in [4.78, 5) is 45.8. The molecule has 240 valence electrons. The highest BCUT2D eigenvalue weighted by Crippen LogP contribution is 2.47. The van der Waals surface area contributed by atoms with Crippen molar-refractivity contribution in [3.8, 4) is 0 Å². The lowest BCUT2D eigenvalue weighted by atomic mass is 9.65. The first-order chi connectivity index (χ1) is 20.6. The van der Waals surface area contributed by atoms with Gasteiger partial charge in [-0.25, -0.2) is 4.98 Å². The number of aromatic nitrogens is 2. The molecular weight excluding hydrogens is 552 g/mol. The first-order valence-electron chi connectivity index (χ1n) is 15.3. The fourth-order valence-electron chi connectivity index (χ4n) is 5.47. The number of imidazole rings is 1. The quantitative estimate of drug-likeness (QED) is 0.130. The second kappa shape index (κ2) is 18.4.